The second-order valence-corrected chi connectivity index (χ2v) is 9.22. The number of aromatic nitrogens is 2. The van der Waals surface area contributed by atoms with Gasteiger partial charge in [-0.25, -0.2) is 4.39 Å². The minimum atomic E-state index is -1.08. The molecule has 1 unspecified atom stereocenters. The highest BCUT2D eigenvalue weighted by Crippen LogP contribution is 2.32. The minimum absolute atomic E-state index is 0.0201. The van der Waals surface area contributed by atoms with Gasteiger partial charge in [-0.15, -0.1) is 0 Å². The number of anilines is 1. The first-order valence-electron chi connectivity index (χ1n) is 11.0. The smallest absolute Gasteiger partial charge is 0.255 e. The molecule has 3 amide bonds. The summed E-state index contributed by atoms with van der Waals surface area (Å²) < 4.78 is 15.5. The third kappa shape index (κ3) is 4.21. The Labute approximate surface area is 196 Å². The average molecular weight is 476 g/mol. The summed E-state index contributed by atoms with van der Waals surface area (Å²) in [5.41, 5.74) is 1.09. The zero-order valence-corrected chi connectivity index (χ0v) is 19.6. The summed E-state index contributed by atoms with van der Waals surface area (Å²) in [6, 6.07) is 3.44. The molecule has 0 spiro atoms. The lowest BCUT2D eigenvalue weighted by Crippen LogP contribution is -2.59. The van der Waals surface area contributed by atoms with Gasteiger partial charge in [0, 0.05) is 25.0 Å². The van der Waals surface area contributed by atoms with Gasteiger partial charge in [-0.05, 0) is 51.3 Å². The molecule has 2 fully saturated rings. The number of nitrogens with one attached hydrogen (secondary N) is 2. The molecule has 1 saturated heterocycles. The lowest BCUT2D eigenvalue weighted by molar-refractivity contribution is -0.130. The molecule has 4 rings (SSSR count). The molecule has 33 heavy (non-hydrogen) atoms. The lowest BCUT2D eigenvalue weighted by atomic mass is 9.94. The van der Waals surface area contributed by atoms with Crippen LogP contribution in [-0.2, 0) is 16.6 Å². The normalized spacial score (nSPS) is 19.7. The molecule has 1 saturated carbocycles. The molecule has 1 atom stereocenters. The monoisotopic (exact) mass is 475 g/mol. The Bertz CT molecular complexity index is 1130. The van der Waals surface area contributed by atoms with Crippen molar-refractivity contribution in [2.24, 2.45) is 7.05 Å². The molecule has 2 heterocycles. The van der Waals surface area contributed by atoms with Gasteiger partial charge in [-0.3, -0.25) is 19.1 Å². The number of aryl methyl sites for hydroxylation is 2. The molecule has 2 aliphatic rings. The van der Waals surface area contributed by atoms with E-state index in [0.717, 1.165) is 18.5 Å². The fourth-order valence-electron chi connectivity index (χ4n) is 4.79. The van der Waals surface area contributed by atoms with Crippen LogP contribution in [0.3, 0.4) is 0 Å². The van der Waals surface area contributed by atoms with Crippen LogP contribution < -0.4 is 15.5 Å². The van der Waals surface area contributed by atoms with Crippen molar-refractivity contribution in [1.29, 1.82) is 0 Å². The number of nitrogens with zero attached hydrogens (tertiary/aromatic N) is 3. The maximum Gasteiger partial charge on any atom is 0.255 e. The zero-order chi connectivity index (χ0) is 23.9. The summed E-state index contributed by atoms with van der Waals surface area (Å²) in [6.45, 7) is 3.91. The van der Waals surface area contributed by atoms with Crippen LogP contribution in [-0.4, -0.2) is 45.6 Å². The Kier molecular flexibility index (Phi) is 6.18. The third-order valence-corrected chi connectivity index (χ3v) is 7.01. The average Bonchev–Trinajstić information content (AvgIpc) is 3.44. The number of carbonyl (C=O) groups is 3. The van der Waals surface area contributed by atoms with Crippen LogP contribution in [0.25, 0.3) is 0 Å². The second kappa shape index (κ2) is 8.78. The van der Waals surface area contributed by atoms with Crippen molar-refractivity contribution in [3.05, 3.63) is 46.0 Å². The van der Waals surface area contributed by atoms with Crippen LogP contribution in [0.15, 0.2) is 18.2 Å². The molecule has 2 aromatic rings. The number of hydrogen-bond acceptors (Lipinski definition) is 4. The number of benzene rings is 1. The fraction of sp³-hybridized carbons (Fsp3) is 0.478. The highest BCUT2D eigenvalue weighted by atomic mass is 35.5. The molecule has 10 heteroatoms. The number of hydrogen-bond donors (Lipinski definition) is 2. The molecular formula is C23H27ClFN5O3. The molecule has 1 aromatic carbocycles. The predicted molar refractivity (Wildman–Crippen MR) is 122 cm³/mol. The van der Waals surface area contributed by atoms with E-state index in [9.17, 15) is 18.8 Å². The predicted octanol–water partition coefficient (Wildman–Crippen LogP) is 2.79. The quantitative estimate of drug-likeness (QED) is 0.695. The van der Waals surface area contributed by atoms with Crippen molar-refractivity contribution in [1.82, 2.24) is 20.4 Å². The van der Waals surface area contributed by atoms with Crippen molar-refractivity contribution in [3.8, 4) is 0 Å². The van der Waals surface area contributed by atoms with Gasteiger partial charge >= 0.3 is 0 Å². The lowest BCUT2D eigenvalue weighted by Gasteiger charge is -2.30. The number of amides is 3. The summed E-state index contributed by atoms with van der Waals surface area (Å²) in [4.78, 5) is 40.8. The van der Waals surface area contributed by atoms with E-state index >= 15 is 0 Å². The van der Waals surface area contributed by atoms with Crippen LogP contribution in [0.1, 0.15) is 53.8 Å². The molecule has 0 bridgehead atoms. The van der Waals surface area contributed by atoms with Crippen molar-refractivity contribution in [3.63, 3.8) is 0 Å². The summed E-state index contributed by atoms with van der Waals surface area (Å²) in [6.07, 6.45) is 2.98. The molecule has 8 nitrogen and oxygen atoms in total. The number of rotatable bonds is 5. The minimum Gasteiger partial charge on any atom is -0.342 e. The molecule has 1 aliphatic carbocycles. The van der Waals surface area contributed by atoms with Gasteiger partial charge in [-0.2, -0.15) is 5.10 Å². The van der Waals surface area contributed by atoms with Gasteiger partial charge in [0.2, 0.25) is 11.8 Å². The van der Waals surface area contributed by atoms with E-state index in [1.807, 2.05) is 6.92 Å². The van der Waals surface area contributed by atoms with E-state index in [-0.39, 0.29) is 22.7 Å². The first kappa shape index (κ1) is 23.2. The second-order valence-electron chi connectivity index (χ2n) is 8.82. The van der Waals surface area contributed by atoms with Crippen LogP contribution in [0.4, 0.5) is 10.1 Å². The SMILES string of the molecule is Cc1nn(C)c(C)c1C(=O)NC1(C(=O)NC2CCN(c3ccc(Cl)c(F)c3)C2=O)CCCC1. The summed E-state index contributed by atoms with van der Waals surface area (Å²) >= 11 is 5.74. The molecular weight excluding hydrogens is 449 g/mol. The van der Waals surface area contributed by atoms with Crippen molar-refractivity contribution >= 4 is 35.0 Å². The third-order valence-electron chi connectivity index (χ3n) is 6.71. The highest BCUT2D eigenvalue weighted by Gasteiger charge is 2.45. The van der Waals surface area contributed by atoms with E-state index < -0.39 is 17.4 Å². The molecule has 1 aliphatic heterocycles. The summed E-state index contributed by atoms with van der Waals surface area (Å²) in [5, 5.41) is 10.1. The Morgan fingerprint density at radius 1 is 1.24 bits per heavy atom. The maximum atomic E-state index is 13.9. The Hall–Kier alpha value is -2.94. The Morgan fingerprint density at radius 2 is 1.94 bits per heavy atom. The van der Waals surface area contributed by atoms with Crippen LogP contribution in [0.5, 0.6) is 0 Å². The van der Waals surface area contributed by atoms with E-state index in [2.05, 4.69) is 15.7 Å². The van der Waals surface area contributed by atoms with E-state index in [1.54, 1.807) is 24.7 Å². The molecule has 1 aromatic heterocycles. The number of halogens is 2. The fourth-order valence-corrected chi connectivity index (χ4v) is 4.91. The van der Waals surface area contributed by atoms with E-state index in [0.29, 0.717) is 42.8 Å². The first-order chi connectivity index (χ1) is 15.6. The van der Waals surface area contributed by atoms with Gasteiger partial charge in [0.25, 0.3) is 5.91 Å². The topological polar surface area (TPSA) is 96.3 Å². The van der Waals surface area contributed by atoms with Gasteiger partial charge in [0.05, 0.1) is 16.3 Å². The zero-order valence-electron chi connectivity index (χ0n) is 18.9. The maximum absolute atomic E-state index is 13.9. The molecule has 176 valence electrons. The van der Waals surface area contributed by atoms with E-state index in [4.69, 9.17) is 11.6 Å². The highest BCUT2D eigenvalue weighted by molar-refractivity contribution is 6.30. The van der Waals surface area contributed by atoms with Crippen molar-refractivity contribution in [2.75, 3.05) is 11.4 Å². The van der Waals surface area contributed by atoms with Gasteiger partial charge in [0.1, 0.15) is 17.4 Å². The summed E-state index contributed by atoms with van der Waals surface area (Å²) in [5.74, 6) is -1.63. The van der Waals surface area contributed by atoms with Crippen LogP contribution in [0.2, 0.25) is 5.02 Å². The van der Waals surface area contributed by atoms with Crippen molar-refractivity contribution < 1.29 is 18.8 Å². The van der Waals surface area contributed by atoms with Crippen LogP contribution >= 0.6 is 11.6 Å². The van der Waals surface area contributed by atoms with Gasteiger partial charge in [-0.1, -0.05) is 24.4 Å². The molecule has 2 N–H and O–H groups in total. The van der Waals surface area contributed by atoms with Gasteiger partial charge < -0.3 is 15.5 Å². The molecule has 0 radical (unpaired) electrons. The Balaban J connectivity index is 1.49. The van der Waals surface area contributed by atoms with Crippen LogP contribution in [0, 0.1) is 19.7 Å². The van der Waals surface area contributed by atoms with E-state index in [1.165, 1.54) is 17.0 Å². The number of carbonyl (C=O) groups excluding carboxylic acids is 3. The first-order valence-corrected chi connectivity index (χ1v) is 11.4. The van der Waals surface area contributed by atoms with Gasteiger partial charge in [0.15, 0.2) is 0 Å². The summed E-state index contributed by atoms with van der Waals surface area (Å²) in [7, 11) is 1.77. The largest absolute Gasteiger partial charge is 0.342 e. The standard InChI is InChI=1S/C23H27ClFN5O3/c1-13-19(14(2)29(3)28-13)20(31)27-23(9-4-5-10-23)22(33)26-18-8-11-30(21(18)32)15-6-7-16(24)17(25)12-15/h6-7,12,18H,4-5,8-11H2,1-3H3,(H,26,33)(H,27,31). The van der Waals surface area contributed by atoms with Crippen molar-refractivity contribution in [2.45, 2.75) is 57.5 Å². The Morgan fingerprint density at radius 3 is 2.55 bits per heavy atom.